The molecule has 0 bridgehead atoms. The van der Waals surface area contributed by atoms with E-state index in [-0.39, 0.29) is 6.10 Å². The molecule has 4 heteroatoms. The Bertz CT molecular complexity index is 478. The van der Waals surface area contributed by atoms with Crippen LogP contribution >= 0.6 is 11.8 Å². The van der Waals surface area contributed by atoms with Gasteiger partial charge in [-0.05, 0) is 42.8 Å². The molecule has 0 aliphatic rings. The highest BCUT2D eigenvalue weighted by Crippen LogP contribution is 2.28. The van der Waals surface area contributed by atoms with Crippen LogP contribution in [0, 0.1) is 6.92 Å². The molecule has 1 aromatic heterocycles. The van der Waals surface area contributed by atoms with Crippen LogP contribution in [0.1, 0.15) is 30.7 Å². The first-order valence-electron chi connectivity index (χ1n) is 5.57. The average molecular weight is 249 g/mol. The Morgan fingerprint density at radius 3 is 2.59 bits per heavy atom. The summed E-state index contributed by atoms with van der Waals surface area (Å²) in [5.74, 6) is 0. The van der Waals surface area contributed by atoms with E-state index in [4.69, 9.17) is 4.42 Å². The van der Waals surface area contributed by atoms with Gasteiger partial charge in [0, 0.05) is 4.90 Å². The lowest BCUT2D eigenvalue weighted by Gasteiger charge is -2.07. The molecule has 90 valence electrons. The van der Waals surface area contributed by atoms with Crippen molar-refractivity contribution in [1.29, 1.82) is 0 Å². The van der Waals surface area contributed by atoms with E-state index in [1.54, 1.807) is 6.26 Å². The summed E-state index contributed by atoms with van der Waals surface area (Å²) in [4.78, 5) is 5.28. The van der Waals surface area contributed by atoms with Crippen molar-refractivity contribution in [2.24, 2.45) is 0 Å². The molecule has 0 spiro atoms. The summed E-state index contributed by atoms with van der Waals surface area (Å²) in [5, 5.41) is 10.3. The van der Waals surface area contributed by atoms with Crippen molar-refractivity contribution in [2.75, 3.05) is 0 Å². The molecular weight excluding hydrogens is 234 g/mol. The van der Waals surface area contributed by atoms with Gasteiger partial charge < -0.3 is 9.52 Å². The molecule has 0 saturated heterocycles. The third-order valence-corrected chi connectivity index (χ3v) is 3.32. The third-order valence-electron chi connectivity index (χ3n) is 2.45. The second-order valence-corrected chi connectivity index (χ2v) is 4.87. The van der Waals surface area contributed by atoms with Crippen molar-refractivity contribution in [1.82, 2.24) is 4.98 Å². The number of aliphatic hydroxyl groups is 1. The van der Waals surface area contributed by atoms with E-state index in [2.05, 4.69) is 4.98 Å². The fourth-order valence-electron chi connectivity index (χ4n) is 1.47. The molecule has 2 aromatic rings. The average Bonchev–Trinajstić information content (AvgIpc) is 2.75. The van der Waals surface area contributed by atoms with E-state index >= 15 is 0 Å². The van der Waals surface area contributed by atoms with E-state index in [1.807, 2.05) is 38.1 Å². The van der Waals surface area contributed by atoms with Gasteiger partial charge in [-0.2, -0.15) is 0 Å². The van der Waals surface area contributed by atoms with Crippen LogP contribution in [0.15, 0.2) is 45.1 Å². The molecule has 0 fully saturated rings. The number of nitrogens with zero attached hydrogens (tertiary/aromatic N) is 1. The van der Waals surface area contributed by atoms with Crippen LogP contribution < -0.4 is 0 Å². The van der Waals surface area contributed by atoms with Crippen molar-refractivity contribution < 1.29 is 9.52 Å². The van der Waals surface area contributed by atoms with Crippen LogP contribution in [-0.2, 0) is 0 Å². The van der Waals surface area contributed by atoms with Gasteiger partial charge in [-0.1, -0.05) is 19.1 Å². The lowest BCUT2D eigenvalue weighted by Crippen LogP contribution is -1.93. The quantitative estimate of drug-likeness (QED) is 0.899. The van der Waals surface area contributed by atoms with Crippen molar-refractivity contribution >= 4 is 11.8 Å². The molecule has 0 radical (unpaired) electrons. The lowest BCUT2D eigenvalue weighted by molar-refractivity contribution is 0.173. The van der Waals surface area contributed by atoms with Crippen LogP contribution in [0.5, 0.6) is 0 Å². The first-order valence-corrected chi connectivity index (χ1v) is 6.38. The summed E-state index contributed by atoms with van der Waals surface area (Å²) in [5.41, 5.74) is 1.82. The molecule has 1 N–H and O–H groups in total. The maximum Gasteiger partial charge on any atom is 0.260 e. The Labute approximate surface area is 105 Å². The first-order chi connectivity index (χ1) is 8.19. The number of hydrogen-bond donors (Lipinski definition) is 1. The van der Waals surface area contributed by atoms with Gasteiger partial charge in [0.2, 0.25) is 0 Å². The van der Waals surface area contributed by atoms with Crippen LogP contribution in [0.4, 0.5) is 0 Å². The van der Waals surface area contributed by atoms with E-state index in [1.165, 1.54) is 11.8 Å². The van der Waals surface area contributed by atoms with Crippen molar-refractivity contribution in [3.05, 3.63) is 41.8 Å². The van der Waals surface area contributed by atoms with Gasteiger partial charge in [0.25, 0.3) is 5.22 Å². The number of oxazole rings is 1. The minimum Gasteiger partial charge on any atom is -0.439 e. The predicted molar refractivity (Wildman–Crippen MR) is 67.1 cm³/mol. The predicted octanol–water partition coefficient (Wildman–Crippen LogP) is 3.58. The molecule has 3 nitrogen and oxygen atoms in total. The van der Waals surface area contributed by atoms with Crippen molar-refractivity contribution in [2.45, 2.75) is 36.5 Å². The molecule has 1 aromatic carbocycles. The third kappa shape index (κ3) is 3.11. The molecule has 1 heterocycles. The van der Waals surface area contributed by atoms with Crippen LogP contribution in [0.3, 0.4) is 0 Å². The van der Waals surface area contributed by atoms with E-state index in [9.17, 15) is 5.11 Å². The Kier molecular flexibility index (Phi) is 3.86. The van der Waals surface area contributed by atoms with E-state index < -0.39 is 0 Å². The summed E-state index contributed by atoms with van der Waals surface area (Å²) < 4.78 is 5.27. The van der Waals surface area contributed by atoms with Crippen LogP contribution in [-0.4, -0.2) is 10.1 Å². The molecule has 0 saturated carbocycles. The van der Waals surface area contributed by atoms with Crippen LogP contribution in [0.25, 0.3) is 0 Å². The summed E-state index contributed by atoms with van der Waals surface area (Å²) in [6, 6.07) is 7.81. The molecular formula is C13H15NO2S. The fourth-order valence-corrected chi connectivity index (χ4v) is 2.23. The van der Waals surface area contributed by atoms with Gasteiger partial charge in [-0.15, -0.1) is 0 Å². The zero-order valence-corrected chi connectivity index (χ0v) is 10.7. The molecule has 0 aliphatic heterocycles. The second kappa shape index (κ2) is 5.38. The molecule has 0 amide bonds. The summed E-state index contributed by atoms with van der Waals surface area (Å²) >= 11 is 1.48. The SMILES string of the molecule is CC[C@@H](O)c1ccc(Sc2nc(C)co2)cc1. The van der Waals surface area contributed by atoms with Gasteiger partial charge in [0.05, 0.1) is 11.8 Å². The zero-order valence-electron chi connectivity index (χ0n) is 9.88. The molecule has 2 rings (SSSR count). The molecule has 0 aliphatic carbocycles. The second-order valence-electron chi connectivity index (χ2n) is 3.85. The number of aliphatic hydroxyl groups excluding tert-OH is 1. The van der Waals surface area contributed by atoms with Crippen LogP contribution in [0.2, 0.25) is 0 Å². The first kappa shape index (κ1) is 12.2. The zero-order chi connectivity index (χ0) is 12.3. The highest BCUT2D eigenvalue weighted by molar-refractivity contribution is 7.99. The van der Waals surface area contributed by atoms with Gasteiger partial charge in [0.1, 0.15) is 6.26 Å². The number of aryl methyl sites for hydroxylation is 1. The van der Waals surface area contributed by atoms with Gasteiger partial charge in [0.15, 0.2) is 0 Å². The Morgan fingerprint density at radius 1 is 1.35 bits per heavy atom. The summed E-state index contributed by atoms with van der Waals surface area (Å²) in [7, 11) is 0. The van der Waals surface area contributed by atoms with Gasteiger partial charge >= 0.3 is 0 Å². The Balaban J connectivity index is 2.08. The Hall–Kier alpha value is -1.26. The van der Waals surface area contributed by atoms with E-state index in [0.29, 0.717) is 5.22 Å². The largest absolute Gasteiger partial charge is 0.439 e. The standard InChI is InChI=1S/C13H15NO2S/c1-3-12(15)10-4-6-11(7-5-10)17-13-14-9(2)8-16-13/h4-8,12,15H,3H2,1-2H3/t12-/m1/s1. The fraction of sp³-hybridized carbons (Fsp3) is 0.308. The molecule has 17 heavy (non-hydrogen) atoms. The lowest BCUT2D eigenvalue weighted by atomic mass is 10.1. The van der Waals surface area contributed by atoms with E-state index in [0.717, 1.165) is 22.6 Å². The smallest absolute Gasteiger partial charge is 0.260 e. The molecule has 1 atom stereocenters. The number of benzene rings is 1. The molecule has 0 unspecified atom stereocenters. The monoisotopic (exact) mass is 249 g/mol. The maximum absolute atomic E-state index is 9.68. The van der Waals surface area contributed by atoms with Crippen molar-refractivity contribution in [3.8, 4) is 0 Å². The number of rotatable bonds is 4. The highest BCUT2D eigenvalue weighted by atomic mass is 32.2. The number of aromatic nitrogens is 1. The minimum atomic E-state index is -0.377. The normalized spacial score (nSPS) is 12.6. The highest BCUT2D eigenvalue weighted by Gasteiger charge is 2.06. The van der Waals surface area contributed by atoms with Gasteiger partial charge in [-0.3, -0.25) is 0 Å². The van der Waals surface area contributed by atoms with Crippen molar-refractivity contribution in [3.63, 3.8) is 0 Å². The van der Waals surface area contributed by atoms with Gasteiger partial charge in [-0.25, -0.2) is 4.98 Å². The summed E-state index contributed by atoms with van der Waals surface area (Å²) in [6.45, 7) is 3.86. The maximum atomic E-state index is 9.68. The Morgan fingerprint density at radius 2 is 2.06 bits per heavy atom. The minimum absolute atomic E-state index is 0.377. The summed E-state index contributed by atoms with van der Waals surface area (Å²) in [6.07, 6.45) is 1.99. The topological polar surface area (TPSA) is 46.3 Å². The number of hydrogen-bond acceptors (Lipinski definition) is 4.